The first-order valence-corrected chi connectivity index (χ1v) is 6.24. The predicted molar refractivity (Wildman–Crippen MR) is 74.8 cm³/mol. The zero-order chi connectivity index (χ0) is 13.7. The first-order valence-electron chi connectivity index (χ1n) is 5.87. The highest BCUT2D eigenvalue weighted by atomic mass is 35.5. The van der Waals surface area contributed by atoms with Crippen molar-refractivity contribution in [2.24, 2.45) is 5.73 Å². The molecule has 0 radical (unpaired) electrons. The van der Waals surface area contributed by atoms with Crippen LogP contribution < -0.4 is 11.1 Å². The van der Waals surface area contributed by atoms with E-state index in [2.05, 4.69) is 10.3 Å². The van der Waals surface area contributed by atoms with E-state index in [4.69, 9.17) is 17.3 Å². The van der Waals surface area contributed by atoms with E-state index >= 15 is 0 Å². The van der Waals surface area contributed by atoms with Gasteiger partial charge in [-0.25, -0.2) is 0 Å². The number of carbonyl (C=O) groups is 1. The molecule has 0 aliphatic carbocycles. The summed E-state index contributed by atoms with van der Waals surface area (Å²) < 4.78 is 0. The number of nitrogens with zero attached hydrogens (tertiary/aromatic N) is 1. The molecule has 1 amide bonds. The van der Waals surface area contributed by atoms with Crippen molar-refractivity contribution in [2.75, 3.05) is 0 Å². The fourth-order valence-corrected chi connectivity index (χ4v) is 1.96. The number of hydrogen-bond acceptors (Lipinski definition) is 3. The molecule has 0 atom stereocenters. The van der Waals surface area contributed by atoms with E-state index in [1.165, 1.54) is 12.4 Å². The number of carbonyl (C=O) groups excluding carboxylic acids is 1. The van der Waals surface area contributed by atoms with Crippen LogP contribution in [0.3, 0.4) is 0 Å². The van der Waals surface area contributed by atoms with Crippen molar-refractivity contribution >= 4 is 17.5 Å². The average Bonchev–Trinajstić information content (AvgIpc) is 2.45. The quantitative estimate of drug-likeness (QED) is 0.898. The first kappa shape index (κ1) is 13.5. The van der Waals surface area contributed by atoms with Crippen molar-refractivity contribution in [3.8, 4) is 0 Å². The van der Waals surface area contributed by atoms with Gasteiger partial charge in [0.05, 0.1) is 10.6 Å². The standard InChI is InChI=1S/C14H14ClN3O/c15-13-9-17-6-5-12(13)14(19)18-8-11-4-2-1-3-10(11)7-16/h1-6,9H,7-8,16H2,(H,18,19). The zero-order valence-corrected chi connectivity index (χ0v) is 11.0. The summed E-state index contributed by atoms with van der Waals surface area (Å²) in [5.41, 5.74) is 8.09. The molecule has 0 saturated heterocycles. The van der Waals surface area contributed by atoms with Crippen LogP contribution in [0.25, 0.3) is 0 Å². The number of benzene rings is 1. The molecular formula is C14H14ClN3O. The Hall–Kier alpha value is -1.91. The normalized spacial score (nSPS) is 10.2. The molecular weight excluding hydrogens is 262 g/mol. The topological polar surface area (TPSA) is 68.0 Å². The molecule has 1 aromatic heterocycles. The highest BCUT2D eigenvalue weighted by Gasteiger charge is 2.10. The molecule has 0 fully saturated rings. The summed E-state index contributed by atoms with van der Waals surface area (Å²) in [5, 5.41) is 3.16. The molecule has 4 nitrogen and oxygen atoms in total. The summed E-state index contributed by atoms with van der Waals surface area (Å²) in [7, 11) is 0. The SMILES string of the molecule is NCc1ccccc1CNC(=O)c1ccncc1Cl. The molecule has 0 saturated carbocycles. The maximum absolute atomic E-state index is 12.0. The van der Waals surface area contributed by atoms with Crippen LogP contribution >= 0.6 is 11.6 Å². The summed E-state index contributed by atoms with van der Waals surface area (Å²) in [4.78, 5) is 15.8. The Morgan fingerprint density at radius 2 is 2.00 bits per heavy atom. The van der Waals surface area contributed by atoms with Crippen molar-refractivity contribution in [3.05, 3.63) is 64.4 Å². The summed E-state index contributed by atoms with van der Waals surface area (Å²) in [5.74, 6) is -0.223. The predicted octanol–water partition coefficient (Wildman–Crippen LogP) is 2.12. The molecule has 19 heavy (non-hydrogen) atoms. The Morgan fingerprint density at radius 3 is 2.68 bits per heavy atom. The number of hydrogen-bond donors (Lipinski definition) is 2. The lowest BCUT2D eigenvalue weighted by Gasteiger charge is -2.09. The van der Waals surface area contributed by atoms with Gasteiger partial charge in [-0.15, -0.1) is 0 Å². The Kier molecular flexibility index (Phi) is 4.49. The van der Waals surface area contributed by atoms with Crippen molar-refractivity contribution < 1.29 is 4.79 Å². The van der Waals surface area contributed by atoms with Gasteiger partial charge in [-0.05, 0) is 17.2 Å². The second-order valence-electron chi connectivity index (χ2n) is 4.01. The van der Waals surface area contributed by atoms with E-state index in [1.54, 1.807) is 6.07 Å². The highest BCUT2D eigenvalue weighted by Crippen LogP contribution is 2.13. The van der Waals surface area contributed by atoms with Crippen LogP contribution in [0.2, 0.25) is 5.02 Å². The molecule has 2 rings (SSSR count). The Bertz CT molecular complexity index is 586. The minimum Gasteiger partial charge on any atom is -0.348 e. The van der Waals surface area contributed by atoms with E-state index in [1.807, 2.05) is 24.3 Å². The lowest BCUT2D eigenvalue weighted by molar-refractivity contribution is 0.0951. The van der Waals surface area contributed by atoms with E-state index in [0.29, 0.717) is 23.7 Å². The molecule has 3 N–H and O–H groups in total. The minimum atomic E-state index is -0.223. The molecule has 98 valence electrons. The van der Waals surface area contributed by atoms with Gasteiger partial charge in [0.15, 0.2) is 0 Å². The van der Waals surface area contributed by atoms with Gasteiger partial charge in [-0.1, -0.05) is 35.9 Å². The van der Waals surface area contributed by atoms with Crippen LogP contribution in [0.4, 0.5) is 0 Å². The summed E-state index contributed by atoms with van der Waals surface area (Å²) in [6.07, 6.45) is 2.99. The van der Waals surface area contributed by atoms with Crippen LogP contribution in [0, 0.1) is 0 Å². The molecule has 1 heterocycles. The van der Waals surface area contributed by atoms with Crippen LogP contribution in [0.5, 0.6) is 0 Å². The molecule has 5 heteroatoms. The maximum Gasteiger partial charge on any atom is 0.253 e. The number of rotatable bonds is 4. The molecule has 0 aliphatic rings. The average molecular weight is 276 g/mol. The van der Waals surface area contributed by atoms with Gasteiger partial charge in [0.1, 0.15) is 0 Å². The number of pyridine rings is 1. The number of nitrogens with one attached hydrogen (secondary N) is 1. The molecule has 2 aromatic rings. The summed E-state index contributed by atoms with van der Waals surface area (Å²) >= 11 is 5.92. The van der Waals surface area contributed by atoms with Crippen molar-refractivity contribution in [2.45, 2.75) is 13.1 Å². The lowest BCUT2D eigenvalue weighted by Crippen LogP contribution is -2.24. The Labute approximate surface area is 116 Å². The zero-order valence-electron chi connectivity index (χ0n) is 10.3. The summed E-state index contributed by atoms with van der Waals surface area (Å²) in [6, 6.07) is 9.32. The Balaban J connectivity index is 2.07. The van der Waals surface area contributed by atoms with Gasteiger partial charge < -0.3 is 11.1 Å². The van der Waals surface area contributed by atoms with Crippen LogP contribution in [0.1, 0.15) is 21.5 Å². The largest absolute Gasteiger partial charge is 0.348 e. The smallest absolute Gasteiger partial charge is 0.253 e. The highest BCUT2D eigenvalue weighted by molar-refractivity contribution is 6.33. The van der Waals surface area contributed by atoms with Gasteiger partial charge >= 0.3 is 0 Å². The number of halogens is 1. The third-order valence-electron chi connectivity index (χ3n) is 2.79. The second-order valence-corrected chi connectivity index (χ2v) is 4.42. The molecule has 0 unspecified atom stereocenters. The van der Waals surface area contributed by atoms with Gasteiger partial charge in [0.2, 0.25) is 0 Å². The molecule has 1 aromatic carbocycles. The van der Waals surface area contributed by atoms with E-state index in [0.717, 1.165) is 11.1 Å². The third kappa shape index (κ3) is 3.30. The lowest BCUT2D eigenvalue weighted by atomic mass is 10.1. The molecule has 0 spiro atoms. The second kappa shape index (κ2) is 6.31. The van der Waals surface area contributed by atoms with Crippen LogP contribution in [-0.2, 0) is 13.1 Å². The maximum atomic E-state index is 12.0. The molecule has 0 aliphatic heterocycles. The van der Waals surface area contributed by atoms with E-state index in [9.17, 15) is 4.79 Å². The third-order valence-corrected chi connectivity index (χ3v) is 3.10. The summed E-state index contributed by atoms with van der Waals surface area (Å²) in [6.45, 7) is 0.868. The van der Waals surface area contributed by atoms with Gasteiger partial charge in [-0.3, -0.25) is 9.78 Å². The fraction of sp³-hybridized carbons (Fsp3) is 0.143. The van der Waals surface area contributed by atoms with Crippen molar-refractivity contribution in [1.29, 1.82) is 0 Å². The van der Waals surface area contributed by atoms with E-state index < -0.39 is 0 Å². The number of aromatic nitrogens is 1. The van der Waals surface area contributed by atoms with Crippen LogP contribution in [-0.4, -0.2) is 10.9 Å². The minimum absolute atomic E-state index is 0.223. The number of amides is 1. The van der Waals surface area contributed by atoms with Gasteiger partial charge in [0.25, 0.3) is 5.91 Å². The van der Waals surface area contributed by atoms with Gasteiger partial charge in [0, 0.05) is 25.5 Å². The first-order chi connectivity index (χ1) is 9.22. The van der Waals surface area contributed by atoms with Crippen molar-refractivity contribution in [1.82, 2.24) is 10.3 Å². The monoisotopic (exact) mass is 275 g/mol. The molecule has 0 bridgehead atoms. The Morgan fingerprint density at radius 1 is 1.26 bits per heavy atom. The fourth-order valence-electron chi connectivity index (χ4n) is 1.76. The van der Waals surface area contributed by atoms with Crippen molar-refractivity contribution in [3.63, 3.8) is 0 Å². The number of nitrogens with two attached hydrogens (primary N) is 1. The van der Waals surface area contributed by atoms with Gasteiger partial charge in [-0.2, -0.15) is 0 Å². The van der Waals surface area contributed by atoms with Crippen LogP contribution in [0.15, 0.2) is 42.7 Å². The van der Waals surface area contributed by atoms with E-state index in [-0.39, 0.29) is 5.91 Å².